The van der Waals surface area contributed by atoms with Crippen LogP contribution in [-0.4, -0.2) is 55.7 Å². The highest BCUT2D eigenvalue weighted by Gasteiger charge is 2.18. The zero-order valence-corrected chi connectivity index (χ0v) is 18.8. The summed E-state index contributed by atoms with van der Waals surface area (Å²) in [5, 5.41) is 4.25. The largest absolute Gasteiger partial charge is 0.367 e. The van der Waals surface area contributed by atoms with E-state index in [1.165, 1.54) is 29.8 Å². The molecule has 0 radical (unpaired) electrons. The van der Waals surface area contributed by atoms with E-state index < -0.39 is 0 Å². The molecule has 0 aliphatic carbocycles. The number of halogens is 2. The topological polar surface area (TPSA) is 15.7 Å². The summed E-state index contributed by atoms with van der Waals surface area (Å²) in [5.74, 6) is -0.565. The molecule has 4 rings (SSSR count). The minimum atomic E-state index is -0.347. The van der Waals surface area contributed by atoms with Gasteiger partial charge in [-0.1, -0.05) is 36.4 Å². The SMILES string of the molecule is Fc1ccc(C(OCCN2CCN(CC=Cc3ccsc3)CC2)c2ccc(F)cc2)cc1. The van der Waals surface area contributed by atoms with Gasteiger partial charge in [0.15, 0.2) is 0 Å². The first kappa shape index (κ1) is 22.8. The van der Waals surface area contributed by atoms with E-state index in [9.17, 15) is 8.78 Å². The van der Waals surface area contributed by atoms with Crippen molar-refractivity contribution in [3.8, 4) is 0 Å². The summed E-state index contributed by atoms with van der Waals surface area (Å²) >= 11 is 1.72. The third-order valence-electron chi connectivity index (χ3n) is 5.72. The van der Waals surface area contributed by atoms with Gasteiger partial charge in [-0.3, -0.25) is 9.80 Å². The van der Waals surface area contributed by atoms with Gasteiger partial charge in [0, 0.05) is 39.3 Å². The molecule has 0 amide bonds. The van der Waals surface area contributed by atoms with Gasteiger partial charge < -0.3 is 4.74 Å². The van der Waals surface area contributed by atoms with Crippen LogP contribution in [-0.2, 0) is 4.74 Å². The Balaban J connectivity index is 1.26. The zero-order chi connectivity index (χ0) is 22.2. The fourth-order valence-corrected chi connectivity index (χ4v) is 4.49. The van der Waals surface area contributed by atoms with Gasteiger partial charge in [0.05, 0.1) is 6.61 Å². The summed E-state index contributed by atoms with van der Waals surface area (Å²) in [7, 11) is 0. The first-order valence-corrected chi connectivity index (χ1v) is 11.9. The number of hydrogen-bond donors (Lipinski definition) is 0. The lowest BCUT2D eigenvalue weighted by Gasteiger charge is -2.34. The van der Waals surface area contributed by atoms with E-state index in [4.69, 9.17) is 4.74 Å². The fourth-order valence-electron chi connectivity index (χ4n) is 3.86. The summed E-state index contributed by atoms with van der Waals surface area (Å²) in [6.45, 7) is 6.44. The Morgan fingerprint density at radius 1 is 0.844 bits per heavy atom. The maximum absolute atomic E-state index is 13.4. The third-order valence-corrected chi connectivity index (χ3v) is 6.42. The van der Waals surface area contributed by atoms with Gasteiger partial charge in [-0.05, 0) is 57.8 Å². The lowest BCUT2D eigenvalue weighted by atomic mass is 10.0. The fraction of sp³-hybridized carbons (Fsp3) is 0.308. The van der Waals surface area contributed by atoms with Crippen LogP contribution in [0.4, 0.5) is 8.78 Å². The number of nitrogens with zero attached hydrogens (tertiary/aromatic N) is 2. The Bertz CT molecular complexity index is 921. The van der Waals surface area contributed by atoms with Crippen LogP contribution in [0.2, 0.25) is 0 Å². The molecule has 2 heterocycles. The minimum absolute atomic E-state index is 0.283. The van der Waals surface area contributed by atoms with Gasteiger partial charge in [0.25, 0.3) is 0 Å². The first-order chi connectivity index (χ1) is 15.7. The van der Waals surface area contributed by atoms with Gasteiger partial charge in [0.1, 0.15) is 17.7 Å². The molecule has 1 aromatic heterocycles. The number of piperazine rings is 1. The number of thiophene rings is 1. The standard InChI is InChI=1S/C26H28F2N2OS/c27-24-7-3-22(4-8-24)26(23-5-9-25(28)10-6-23)31-18-17-30-15-13-29(14-16-30)12-1-2-21-11-19-32-20-21/h1-11,19-20,26H,12-18H2. The van der Waals surface area contributed by atoms with E-state index in [1.54, 1.807) is 35.6 Å². The molecule has 2 aromatic carbocycles. The van der Waals surface area contributed by atoms with Crippen molar-refractivity contribution >= 4 is 17.4 Å². The van der Waals surface area contributed by atoms with Crippen molar-refractivity contribution in [3.05, 3.63) is 99.8 Å². The van der Waals surface area contributed by atoms with Crippen molar-refractivity contribution in [1.29, 1.82) is 0 Å². The third kappa shape index (κ3) is 6.56. The molecule has 3 nitrogen and oxygen atoms in total. The van der Waals surface area contributed by atoms with Crippen LogP contribution in [0.15, 0.2) is 71.4 Å². The van der Waals surface area contributed by atoms with Crippen LogP contribution in [0.25, 0.3) is 6.08 Å². The molecule has 1 aliphatic heterocycles. The van der Waals surface area contributed by atoms with Crippen molar-refractivity contribution < 1.29 is 13.5 Å². The van der Waals surface area contributed by atoms with E-state index >= 15 is 0 Å². The molecule has 0 N–H and O–H groups in total. The van der Waals surface area contributed by atoms with Crippen LogP contribution in [0.5, 0.6) is 0 Å². The maximum Gasteiger partial charge on any atom is 0.123 e. The molecule has 168 valence electrons. The quantitative estimate of drug-likeness (QED) is 0.427. The normalized spacial score (nSPS) is 15.7. The van der Waals surface area contributed by atoms with Crippen molar-refractivity contribution in [3.63, 3.8) is 0 Å². The van der Waals surface area contributed by atoms with Gasteiger partial charge in [0.2, 0.25) is 0 Å². The molecule has 32 heavy (non-hydrogen) atoms. The molecule has 1 fully saturated rings. The predicted octanol–water partition coefficient (Wildman–Crippen LogP) is 5.46. The second-order valence-electron chi connectivity index (χ2n) is 7.96. The van der Waals surface area contributed by atoms with Crippen LogP contribution in [0, 0.1) is 11.6 Å². The first-order valence-electron chi connectivity index (χ1n) is 10.9. The van der Waals surface area contributed by atoms with Crippen molar-refractivity contribution in [2.45, 2.75) is 6.10 Å². The zero-order valence-electron chi connectivity index (χ0n) is 18.0. The predicted molar refractivity (Wildman–Crippen MR) is 127 cm³/mol. The van der Waals surface area contributed by atoms with Crippen LogP contribution < -0.4 is 0 Å². The number of hydrogen-bond acceptors (Lipinski definition) is 4. The highest BCUT2D eigenvalue weighted by atomic mass is 32.1. The summed E-state index contributed by atoms with van der Waals surface area (Å²) in [5.41, 5.74) is 2.99. The molecular formula is C26H28F2N2OS. The smallest absolute Gasteiger partial charge is 0.123 e. The minimum Gasteiger partial charge on any atom is -0.367 e. The van der Waals surface area contributed by atoms with Crippen molar-refractivity contribution in [1.82, 2.24) is 9.80 Å². The van der Waals surface area contributed by atoms with Crippen LogP contribution >= 0.6 is 11.3 Å². The van der Waals surface area contributed by atoms with Gasteiger partial charge in [-0.15, -0.1) is 0 Å². The van der Waals surface area contributed by atoms with Crippen LogP contribution in [0.1, 0.15) is 22.8 Å². The Morgan fingerprint density at radius 2 is 1.44 bits per heavy atom. The average molecular weight is 455 g/mol. The van der Waals surface area contributed by atoms with Gasteiger partial charge >= 0.3 is 0 Å². The summed E-state index contributed by atoms with van der Waals surface area (Å²) in [4.78, 5) is 4.87. The molecule has 1 aliphatic rings. The van der Waals surface area contributed by atoms with E-state index in [-0.39, 0.29) is 17.7 Å². The van der Waals surface area contributed by atoms with E-state index in [0.717, 1.165) is 50.4 Å². The number of ether oxygens (including phenoxy) is 1. The molecule has 0 spiro atoms. The second-order valence-corrected chi connectivity index (χ2v) is 8.74. The number of benzene rings is 2. The average Bonchev–Trinajstić information content (AvgIpc) is 3.33. The summed E-state index contributed by atoms with van der Waals surface area (Å²) < 4.78 is 33.0. The van der Waals surface area contributed by atoms with Crippen LogP contribution in [0.3, 0.4) is 0 Å². The Morgan fingerprint density at radius 3 is 2.00 bits per heavy atom. The molecule has 6 heteroatoms. The molecule has 0 unspecified atom stereocenters. The maximum atomic E-state index is 13.4. The van der Waals surface area contributed by atoms with Crippen molar-refractivity contribution in [2.75, 3.05) is 45.9 Å². The molecular weight excluding hydrogens is 426 g/mol. The Kier molecular flexibility index (Phi) is 8.18. The van der Waals surface area contributed by atoms with E-state index in [0.29, 0.717) is 6.61 Å². The number of rotatable bonds is 9. The monoisotopic (exact) mass is 454 g/mol. The molecule has 0 bridgehead atoms. The Labute approximate surface area is 192 Å². The molecule has 0 atom stereocenters. The summed E-state index contributed by atoms with van der Waals surface area (Å²) in [6.07, 6.45) is 4.07. The van der Waals surface area contributed by atoms with E-state index in [2.05, 4.69) is 38.8 Å². The van der Waals surface area contributed by atoms with Crippen molar-refractivity contribution in [2.24, 2.45) is 0 Å². The second kappa shape index (κ2) is 11.5. The molecule has 1 saturated heterocycles. The van der Waals surface area contributed by atoms with Gasteiger partial charge in [-0.2, -0.15) is 11.3 Å². The Hall–Kier alpha value is -2.38. The lowest BCUT2D eigenvalue weighted by Crippen LogP contribution is -2.47. The van der Waals surface area contributed by atoms with E-state index in [1.807, 2.05) is 0 Å². The highest BCUT2D eigenvalue weighted by Crippen LogP contribution is 2.26. The highest BCUT2D eigenvalue weighted by molar-refractivity contribution is 7.08. The molecule has 3 aromatic rings. The van der Waals surface area contributed by atoms with Gasteiger partial charge in [-0.25, -0.2) is 8.78 Å². The molecule has 0 saturated carbocycles. The lowest BCUT2D eigenvalue weighted by molar-refractivity contribution is 0.0467. The summed E-state index contributed by atoms with van der Waals surface area (Å²) in [6, 6.07) is 14.8.